The molecule has 3 aromatic carbocycles. The molecule has 0 unspecified atom stereocenters. The Kier molecular flexibility index (Phi) is 6.22. The van der Waals surface area contributed by atoms with Gasteiger partial charge in [-0.1, -0.05) is 60.7 Å². The second kappa shape index (κ2) is 9.39. The van der Waals surface area contributed by atoms with Gasteiger partial charge in [0.15, 0.2) is 0 Å². The van der Waals surface area contributed by atoms with Gasteiger partial charge in [-0.3, -0.25) is 14.5 Å². The van der Waals surface area contributed by atoms with Crippen molar-refractivity contribution in [1.82, 2.24) is 4.90 Å². The van der Waals surface area contributed by atoms with Crippen LogP contribution in [-0.2, 0) is 16.1 Å². The lowest BCUT2D eigenvalue weighted by Gasteiger charge is -2.16. The number of rotatable bonds is 8. The van der Waals surface area contributed by atoms with E-state index in [9.17, 15) is 9.59 Å². The van der Waals surface area contributed by atoms with E-state index in [0.717, 1.165) is 5.56 Å². The topological polar surface area (TPSA) is 67.9 Å². The summed E-state index contributed by atoms with van der Waals surface area (Å²) in [5.74, 6) is 0.344. The number of imide groups is 1. The van der Waals surface area contributed by atoms with Gasteiger partial charge in [0.25, 0.3) is 11.8 Å². The van der Waals surface area contributed by atoms with Crippen molar-refractivity contribution in [3.8, 4) is 11.5 Å². The number of hydrogen-bond acceptors (Lipinski definition) is 5. The SMILES string of the molecule is CCOc1ccccc1NC1=C(c2ccccc2OC)C(=O)N(Cc2ccccc2)C1=O. The zero-order chi connectivity index (χ0) is 22.5. The van der Waals surface area contributed by atoms with Gasteiger partial charge in [0, 0.05) is 5.56 Å². The molecule has 0 radical (unpaired) electrons. The molecule has 0 spiro atoms. The highest BCUT2D eigenvalue weighted by Crippen LogP contribution is 2.37. The van der Waals surface area contributed by atoms with Gasteiger partial charge >= 0.3 is 0 Å². The van der Waals surface area contributed by atoms with Crippen LogP contribution in [0.4, 0.5) is 5.69 Å². The van der Waals surface area contributed by atoms with Crippen LogP contribution in [0.15, 0.2) is 84.6 Å². The first-order valence-electron chi connectivity index (χ1n) is 10.4. The highest BCUT2D eigenvalue weighted by molar-refractivity contribution is 6.37. The predicted molar refractivity (Wildman–Crippen MR) is 123 cm³/mol. The number of benzene rings is 3. The molecule has 1 aliphatic rings. The Labute approximate surface area is 187 Å². The highest BCUT2D eigenvalue weighted by Gasteiger charge is 2.40. The number of anilines is 1. The third-order valence-corrected chi connectivity index (χ3v) is 5.17. The summed E-state index contributed by atoms with van der Waals surface area (Å²) in [6, 6.07) is 24.0. The molecular formula is C26H24N2O4. The fourth-order valence-corrected chi connectivity index (χ4v) is 3.69. The summed E-state index contributed by atoms with van der Waals surface area (Å²) >= 11 is 0. The van der Waals surface area contributed by atoms with Crippen molar-refractivity contribution in [1.29, 1.82) is 0 Å². The van der Waals surface area contributed by atoms with E-state index in [-0.39, 0.29) is 23.7 Å². The first-order chi connectivity index (χ1) is 15.6. The summed E-state index contributed by atoms with van der Waals surface area (Å²) in [7, 11) is 1.54. The number of nitrogens with one attached hydrogen (secondary N) is 1. The van der Waals surface area contributed by atoms with E-state index >= 15 is 0 Å². The minimum Gasteiger partial charge on any atom is -0.496 e. The lowest BCUT2D eigenvalue weighted by Crippen LogP contribution is -2.32. The molecule has 32 heavy (non-hydrogen) atoms. The lowest BCUT2D eigenvalue weighted by atomic mass is 10.0. The maximum atomic E-state index is 13.5. The minimum absolute atomic E-state index is 0.176. The zero-order valence-corrected chi connectivity index (χ0v) is 18.0. The van der Waals surface area contributed by atoms with Crippen LogP contribution in [0.3, 0.4) is 0 Å². The van der Waals surface area contributed by atoms with Gasteiger partial charge in [0.2, 0.25) is 0 Å². The van der Waals surface area contributed by atoms with Crippen LogP contribution < -0.4 is 14.8 Å². The molecule has 2 amide bonds. The van der Waals surface area contributed by atoms with Crippen LogP contribution in [0.5, 0.6) is 11.5 Å². The minimum atomic E-state index is -0.397. The van der Waals surface area contributed by atoms with Crippen molar-refractivity contribution in [2.24, 2.45) is 0 Å². The van der Waals surface area contributed by atoms with Crippen LogP contribution in [0.1, 0.15) is 18.1 Å². The summed E-state index contributed by atoms with van der Waals surface area (Å²) in [6.45, 7) is 2.54. The average Bonchev–Trinajstić information content (AvgIpc) is 3.05. The molecule has 0 aromatic heterocycles. The van der Waals surface area contributed by atoms with E-state index in [1.165, 1.54) is 4.90 Å². The molecule has 1 N–H and O–H groups in total. The fourth-order valence-electron chi connectivity index (χ4n) is 3.69. The van der Waals surface area contributed by atoms with Gasteiger partial charge < -0.3 is 14.8 Å². The maximum absolute atomic E-state index is 13.5. The van der Waals surface area contributed by atoms with Gasteiger partial charge in [-0.15, -0.1) is 0 Å². The molecule has 1 heterocycles. The van der Waals surface area contributed by atoms with Crippen molar-refractivity contribution in [3.05, 3.63) is 95.7 Å². The van der Waals surface area contributed by atoms with E-state index < -0.39 is 5.91 Å². The normalized spacial score (nSPS) is 13.5. The number of carbonyl (C=O) groups is 2. The Bertz CT molecular complexity index is 1170. The Morgan fingerprint density at radius 1 is 0.812 bits per heavy atom. The van der Waals surface area contributed by atoms with Crippen molar-refractivity contribution in [3.63, 3.8) is 0 Å². The third-order valence-electron chi connectivity index (χ3n) is 5.17. The number of methoxy groups -OCH3 is 1. The summed E-state index contributed by atoms with van der Waals surface area (Å²) in [4.78, 5) is 28.3. The second-order valence-corrected chi connectivity index (χ2v) is 7.19. The fraction of sp³-hybridized carbons (Fsp3) is 0.154. The second-order valence-electron chi connectivity index (χ2n) is 7.19. The molecule has 0 saturated heterocycles. The number of ether oxygens (including phenoxy) is 2. The van der Waals surface area contributed by atoms with Crippen molar-refractivity contribution in [2.75, 3.05) is 19.0 Å². The molecule has 0 atom stereocenters. The van der Waals surface area contributed by atoms with Gasteiger partial charge in [0.05, 0.1) is 31.5 Å². The Balaban J connectivity index is 1.80. The number of amides is 2. The predicted octanol–water partition coefficient (Wildman–Crippen LogP) is 4.49. The van der Waals surface area contributed by atoms with E-state index in [2.05, 4.69) is 5.32 Å². The van der Waals surface area contributed by atoms with Crippen molar-refractivity contribution >= 4 is 23.1 Å². The Hall–Kier alpha value is -4.06. The molecule has 0 aliphatic carbocycles. The molecule has 0 fully saturated rings. The summed E-state index contributed by atoms with van der Waals surface area (Å²) in [6.07, 6.45) is 0. The summed E-state index contributed by atoms with van der Waals surface area (Å²) in [5.41, 5.74) is 2.50. The van der Waals surface area contributed by atoms with Crippen LogP contribution in [0.25, 0.3) is 5.57 Å². The number of nitrogens with zero attached hydrogens (tertiary/aromatic N) is 1. The van der Waals surface area contributed by atoms with Crippen LogP contribution in [-0.4, -0.2) is 30.4 Å². The van der Waals surface area contributed by atoms with Gasteiger partial charge in [0.1, 0.15) is 17.2 Å². The summed E-state index contributed by atoms with van der Waals surface area (Å²) < 4.78 is 11.2. The van der Waals surface area contributed by atoms with E-state index in [0.29, 0.717) is 29.4 Å². The zero-order valence-electron chi connectivity index (χ0n) is 18.0. The van der Waals surface area contributed by atoms with Crippen LogP contribution in [0, 0.1) is 0 Å². The molecule has 6 nitrogen and oxygen atoms in total. The monoisotopic (exact) mass is 428 g/mol. The van der Waals surface area contributed by atoms with E-state index in [4.69, 9.17) is 9.47 Å². The van der Waals surface area contributed by atoms with E-state index in [1.807, 2.05) is 73.7 Å². The molecule has 162 valence electrons. The number of hydrogen-bond donors (Lipinski definition) is 1. The van der Waals surface area contributed by atoms with Crippen LogP contribution >= 0.6 is 0 Å². The maximum Gasteiger partial charge on any atom is 0.278 e. The first-order valence-corrected chi connectivity index (χ1v) is 10.4. The molecular weight excluding hydrogens is 404 g/mol. The average molecular weight is 428 g/mol. The Morgan fingerprint density at radius 2 is 1.47 bits per heavy atom. The lowest BCUT2D eigenvalue weighted by molar-refractivity contribution is -0.137. The first kappa shape index (κ1) is 21.2. The standard InChI is InChI=1S/C26H24N2O4/c1-3-32-22-16-10-8-14-20(22)27-24-23(19-13-7-9-15-21(19)31-2)25(29)28(26(24)30)17-18-11-5-4-6-12-18/h4-16,27H,3,17H2,1-2H3. The van der Waals surface area contributed by atoms with Crippen molar-refractivity contribution in [2.45, 2.75) is 13.5 Å². The number of para-hydroxylation sites is 3. The molecule has 4 rings (SSSR count). The quantitative estimate of drug-likeness (QED) is 0.536. The van der Waals surface area contributed by atoms with Crippen LogP contribution in [0.2, 0.25) is 0 Å². The largest absolute Gasteiger partial charge is 0.496 e. The molecule has 6 heteroatoms. The Morgan fingerprint density at radius 3 is 2.19 bits per heavy atom. The smallest absolute Gasteiger partial charge is 0.278 e. The molecule has 1 aliphatic heterocycles. The highest BCUT2D eigenvalue weighted by atomic mass is 16.5. The number of carbonyl (C=O) groups excluding carboxylic acids is 2. The van der Waals surface area contributed by atoms with Gasteiger partial charge in [-0.25, -0.2) is 0 Å². The molecule has 0 saturated carbocycles. The third kappa shape index (κ3) is 4.07. The molecule has 0 bridgehead atoms. The van der Waals surface area contributed by atoms with Gasteiger partial charge in [-0.2, -0.15) is 0 Å². The van der Waals surface area contributed by atoms with Crippen molar-refractivity contribution < 1.29 is 19.1 Å². The van der Waals surface area contributed by atoms with Gasteiger partial charge in [-0.05, 0) is 30.7 Å². The summed E-state index contributed by atoms with van der Waals surface area (Å²) in [5, 5.41) is 3.18. The molecule has 3 aromatic rings. The van der Waals surface area contributed by atoms with E-state index in [1.54, 1.807) is 19.2 Å².